The largest absolute Gasteiger partial charge is 0.494 e. The molecular weight excluding hydrogens is 512 g/mol. The van der Waals surface area contributed by atoms with Crippen molar-refractivity contribution in [1.29, 1.82) is 0 Å². The maximum atomic E-state index is 12.9. The summed E-state index contributed by atoms with van der Waals surface area (Å²) >= 11 is 1.81. The van der Waals surface area contributed by atoms with Gasteiger partial charge in [-0.2, -0.15) is 0 Å². The van der Waals surface area contributed by atoms with E-state index >= 15 is 0 Å². The number of carbonyl (C=O) groups is 1. The minimum atomic E-state index is -0.212. The van der Waals surface area contributed by atoms with Crippen LogP contribution in [0.3, 0.4) is 0 Å². The Bertz CT molecular complexity index is 1500. The highest BCUT2D eigenvalue weighted by atomic mass is 32.1. The summed E-state index contributed by atoms with van der Waals surface area (Å²) in [6.45, 7) is 8.31. The van der Waals surface area contributed by atoms with E-state index in [9.17, 15) is 9.59 Å². The van der Waals surface area contributed by atoms with Crippen molar-refractivity contribution in [2.24, 2.45) is 0 Å². The third-order valence-electron chi connectivity index (χ3n) is 7.72. The number of aromatic nitrogens is 1. The number of anilines is 1. The summed E-state index contributed by atoms with van der Waals surface area (Å²) in [5.74, 6) is 0.711. The zero-order valence-electron chi connectivity index (χ0n) is 22.1. The highest BCUT2D eigenvalue weighted by Crippen LogP contribution is 2.31. The molecule has 39 heavy (non-hydrogen) atoms. The Balaban J connectivity index is 1.02. The summed E-state index contributed by atoms with van der Waals surface area (Å²) in [4.78, 5) is 29.6. The van der Waals surface area contributed by atoms with Crippen LogP contribution in [0.1, 0.15) is 23.2 Å². The zero-order valence-corrected chi connectivity index (χ0v) is 22.9. The van der Waals surface area contributed by atoms with Crippen LogP contribution in [-0.2, 0) is 4.74 Å². The van der Waals surface area contributed by atoms with E-state index in [1.807, 2.05) is 23.2 Å². The number of piperazine rings is 1. The molecule has 9 heteroatoms. The molecule has 0 amide bonds. The predicted molar refractivity (Wildman–Crippen MR) is 158 cm³/mol. The molecule has 0 radical (unpaired) electrons. The van der Waals surface area contributed by atoms with Crippen molar-refractivity contribution in [2.45, 2.75) is 12.8 Å². The van der Waals surface area contributed by atoms with E-state index < -0.39 is 0 Å². The van der Waals surface area contributed by atoms with Gasteiger partial charge in [0.05, 0.1) is 38.4 Å². The number of pyridine rings is 1. The van der Waals surface area contributed by atoms with Crippen LogP contribution in [0, 0.1) is 0 Å². The van der Waals surface area contributed by atoms with Gasteiger partial charge in [0.1, 0.15) is 5.75 Å². The minimum absolute atomic E-state index is 0.212. The number of benzene rings is 2. The van der Waals surface area contributed by atoms with Crippen molar-refractivity contribution in [3.8, 4) is 5.75 Å². The number of rotatable bonds is 9. The average molecular weight is 547 g/mol. The molecule has 2 aromatic heterocycles. The van der Waals surface area contributed by atoms with E-state index in [0.29, 0.717) is 49.7 Å². The van der Waals surface area contributed by atoms with Crippen LogP contribution in [0.5, 0.6) is 5.75 Å². The number of nitrogens with zero attached hydrogens (tertiary/aromatic N) is 4. The fourth-order valence-electron chi connectivity index (χ4n) is 5.65. The quantitative estimate of drug-likeness (QED) is 0.232. The first kappa shape index (κ1) is 25.9. The van der Waals surface area contributed by atoms with Gasteiger partial charge in [-0.1, -0.05) is 6.07 Å². The molecule has 2 aromatic carbocycles. The molecule has 6 rings (SSSR count). The Kier molecular flexibility index (Phi) is 7.81. The average Bonchev–Trinajstić information content (AvgIpc) is 3.47. The number of aldehydes is 1. The first-order valence-corrected chi connectivity index (χ1v) is 14.6. The Morgan fingerprint density at radius 1 is 0.923 bits per heavy atom. The summed E-state index contributed by atoms with van der Waals surface area (Å²) in [5.41, 5.74) is 2.24. The van der Waals surface area contributed by atoms with E-state index in [1.54, 1.807) is 16.0 Å². The highest BCUT2D eigenvalue weighted by molar-refractivity contribution is 7.17. The van der Waals surface area contributed by atoms with Gasteiger partial charge in [0, 0.05) is 65.0 Å². The first-order chi connectivity index (χ1) is 19.2. The van der Waals surface area contributed by atoms with Crippen LogP contribution in [0.2, 0.25) is 0 Å². The van der Waals surface area contributed by atoms with Gasteiger partial charge in [-0.15, -0.1) is 11.3 Å². The van der Waals surface area contributed by atoms with Crippen molar-refractivity contribution in [2.75, 3.05) is 75.5 Å². The molecule has 0 bridgehead atoms. The second kappa shape index (κ2) is 11.8. The standard InChI is InChI=1S/C30H34N4O4S/c35-22-23-20-30(36)34(33-14-17-37-18-15-33)28-21-24(6-7-25(23)28)38-16-2-1-9-31-10-12-32(13-11-31)27-4-3-5-29-26(27)8-19-39-29/h3-8,19-22H,1-2,9-18H2. The molecule has 0 N–H and O–H groups in total. The number of ether oxygens (including phenoxy) is 2. The molecule has 4 aromatic rings. The van der Waals surface area contributed by atoms with Gasteiger partial charge in [0.2, 0.25) is 0 Å². The van der Waals surface area contributed by atoms with Crippen molar-refractivity contribution < 1.29 is 14.3 Å². The second-order valence-electron chi connectivity index (χ2n) is 10.1. The molecule has 0 unspecified atom stereocenters. The maximum Gasteiger partial charge on any atom is 0.270 e. The van der Waals surface area contributed by atoms with Gasteiger partial charge in [-0.3, -0.25) is 14.5 Å². The summed E-state index contributed by atoms with van der Waals surface area (Å²) < 4.78 is 14.6. The Labute approximate surface area is 231 Å². The van der Waals surface area contributed by atoms with Crippen LogP contribution >= 0.6 is 11.3 Å². The van der Waals surface area contributed by atoms with Gasteiger partial charge in [0.15, 0.2) is 6.29 Å². The van der Waals surface area contributed by atoms with Gasteiger partial charge >= 0.3 is 0 Å². The summed E-state index contributed by atoms with van der Waals surface area (Å²) in [7, 11) is 0. The van der Waals surface area contributed by atoms with E-state index in [4.69, 9.17) is 9.47 Å². The topological polar surface area (TPSA) is 67.2 Å². The lowest BCUT2D eigenvalue weighted by molar-refractivity contribution is 0.111. The number of unbranched alkanes of at least 4 members (excludes halogenated alkanes) is 1. The van der Waals surface area contributed by atoms with Crippen LogP contribution in [-0.4, -0.2) is 81.5 Å². The van der Waals surface area contributed by atoms with Crippen LogP contribution in [0.4, 0.5) is 5.69 Å². The third kappa shape index (κ3) is 5.52. The van der Waals surface area contributed by atoms with Gasteiger partial charge in [-0.25, -0.2) is 4.68 Å². The van der Waals surface area contributed by atoms with E-state index in [1.165, 1.54) is 21.8 Å². The number of hydrogen-bond acceptors (Lipinski definition) is 8. The lowest BCUT2D eigenvalue weighted by atomic mass is 10.1. The summed E-state index contributed by atoms with van der Waals surface area (Å²) in [6, 6.07) is 15.9. The fraction of sp³-hybridized carbons (Fsp3) is 0.400. The number of fused-ring (bicyclic) bond motifs is 2. The monoisotopic (exact) mass is 546 g/mol. The molecule has 8 nitrogen and oxygen atoms in total. The van der Waals surface area contributed by atoms with E-state index in [2.05, 4.69) is 39.4 Å². The molecule has 2 saturated heterocycles. The van der Waals surface area contributed by atoms with Crippen LogP contribution < -0.4 is 20.2 Å². The lowest BCUT2D eigenvalue weighted by Crippen LogP contribution is -2.48. The first-order valence-electron chi connectivity index (χ1n) is 13.8. The molecule has 0 aliphatic carbocycles. The fourth-order valence-corrected chi connectivity index (χ4v) is 6.46. The smallest absolute Gasteiger partial charge is 0.270 e. The highest BCUT2D eigenvalue weighted by Gasteiger charge is 2.19. The zero-order chi connectivity index (χ0) is 26.6. The molecule has 4 heterocycles. The molecular formula is C30H34N4O4S. The number of hydrogen-bond donors (Lipinski definition) is 0. The second-order valence-corrected chi connectivity index (χ2v) is 11.1. The predicted octanol–water partition coefficient (Wildman–Crippen LogP) is 3.98. The Morgan fingerprint density at radius 3 is 2.59 bits per heavy atom. The van der Waals surface area contributed by atoms with Crippen molar-refractivity contribution >= 4 is 44.3 Å². The van der Waals surface area contributed by atoms with Crippen LogP contribution in [0.15, 0.2) is 58.7 Å². The lowest BCUT2D eigenvalue weighted by Gasteiger charge is -2.36. The Morgan fingerprint density at radius 2 is 1.77 bits per heavy atom. The van der Waals surface area contributed by atoms with Gasteiger partial charge in [-0.05, 0) is 55.1 Å². The normalized spacial score (nSPS) is 16.7. The van der Waals surface area contributed by atoms with Crippen molar-refractivity contribution in [1.82, 2.24) is 9.58 Å². The molecule has 2 aliphatic heterocycles. The molecule has 0 spiro atoms. The van der Waals surface area contributed by atoms with Crippen molar-refractivity contribution in [3.63, 3.8) is 0 Å². The number of morpholine rings is 1. The maximum absolute atomic E-state index is 12.9. The molecule has 204 valence electrons. The van der Waals surface area contributed by atoms with Crippen LogP contribution in [0.25, 0.3) is 21.0 Å². The van der Waals surface area contributed by atoms with Gasteiger partial charge in [0.25, 0.3) is 5.56 Å². The molecule has 0 atom stereocenters. The van der Waals surface area contributed by atoms with E-state index in [-0.39, 0.29) is 5.56 Å². The number of carbonyl (C=O) groups excluding carboxylic acids is 1. The minimum Gasteiger partial charge on any atom is -0.494 e. The van der Waals surface area contributed by atoms with Gasteiger partial charge < -0.3 is 19.4 Å². The summed E-state index contributed by atoms with van der Waals surface area (Å²) in [5, 5.41) is 6.27. The SMILES string of the molecule is O=Cc1cc(=O)n(N2CCOCC2)c2cc(OCCCCN3CCN(c4cccc5sccc45)CC3)ccc12. The number of thiophene rings is 1. The van der Waals surface area contributed by atoms with Crippen molar-refractivity contribution in [3.05, 3.63) is 69.8 Å². The third-order valence-corrected chi connectivity index (χ3v) is 8.60. The summed E-state index contributed by atoms with van der Waals surface area (Å²) in [6.07, 6.45) is 2.77. The molecule has 2 fully saturated rings. The molecule has 2 aliphatic rings. The Hall–Kier alpha value is -3.40. The van der Waals surface area contributed by atoms with E-state index in [0.717, 1.165) is 57.2 Å². The molecule has 0 saturated carbocycles.